The average molecular weight is 265 g/mol. The van der Waals surface area contributed by atoms with Crippen LogP contribution in [0.5, 0.6) is 0 Å². The van der Waals surface area contributed by atoms with Crippen molar-refractivity contribution in [3.8, 4) is 0 Å². The van der Waals surface area contributed by atoms with Gasteiger partial charge in [0.15, 0.2) is 0 Å². The summed E-state index contributed by atoms with van der Waals surface area (Å²) in [5, 5.41) is 4.19. The van der Waals surface area contributed by atoms with Gasteiger partial charge < -0.3 is 5.73 Å². The Morgan fingerprint density at radius 2 is 2.21 bits per heavy atom. The summed E-state index contributed by atoms with van der Waals surface area (Å²) in [6, 6.07) is 0.778. The SMILES string of the molecule is CCN(CC)C1CCN(CC(N)c2cnn(C)c2)C1. The molecule has 2 unspecified atom stereocenters. The molecule has 1 aromatic heterocycles. The van der Waals surface area contributed by atoms with Gasteiger partial charge in [0.1, 0.15) is 0 Å². The highest BCUT2D eigenvalue weighted by Crippen LogP contribution is 2.18. The number of aryl methyl sites for hydroxylation is 1. The fourth-order valence-electron chi connectivity index (χ4n) is 3.03. The lowest BCUT2D eigenvalue weighted by molar-refractivity contribution is 0.208. The molecule has 1 aliphatic heterocycles. The van der Waals surface area contributed by atoms with Crippen molar-refractivity contribution in [2.45, 2.75) is 32.4 Å². The van der Waals surface area contributed by atoms with Crippen LogP contribution in [0.3, 0.4) is 0 Å². The van der Waals surface area contributed by atoms with E-state index in [1.54, 1.807) is 0 Å². The summed E-state index contributed by atoms with van der Waals surface area (Å²) >= 11 is 0. The second-order valence-corrected chi connectivity index (χ2v) is 5.48. The van der Waals surface area contributed by atoms with E-state index in [1.165, 1.54) is 6.42 Å². The molecule has 2 N–H and O–H groups in total. The Morgan fingerprint density at radius 1 is 1.47 bits per heavy atom. The van der Waals surface area contributed by atoms with Crippen molar-refractivity contribution in [1.82, 2.24) is 19.6 Å². The summed E-state index contributed by atoms with van der Waals surface area (Å²) in [5.41, 5.74) is 7.40. The molecule has 0 bridgehead atoms. The van der Waals surface area contributed by atoms with Crippen LogP contribution < -0.4 is 5.73 Å². The first kappa shape index (κ1) is 14.5. The van der Waals surface area contributed by atoms with E-state index in [4.69, 9.17) is 5.73 Å². The van der Waals surface area contributed by atoms with E-state index < -0.39 is 0 Å². The zero-order chi connectivity index (χ0) is 13.8. The summed E-state index contributed by atoms with van der Waals surface area (Å²) in [6.07, 6.45) is 5.16. The highest BCUT2D eigenvalue weighted by Gasteiger charge is 2.27. The number of likely N-dealkylation sites (tertiary alicyclic amines) is 1. The summed E-state index contributed by atoms with van der Waals surface area (Å²) in [4.78, 5) is 5.04. The van der Waals surface area contributed by atoms with Crippen LogP contribution >= 0.6 is 0 Å². The minimum Gasteiger partial charge on any atom is -0.323 e. The van der Waals surface area contributed by atoms with Crippen LogP contribution in [-0.2, 0) is 7.05 Å². The quantitative estimate of drug-likeness (QED) is 0.828. The molecule has 19 heavy (non-hydrogen) atoms. The monoisotopic (exact) mass is 265 g/mol. The van der Waals surface area contributed by atoms with E-state index in [0.717, 1.165) is 38.3 Å². The van der Waals surface area contributed by atoms with Crippen molar-refractivity contribution in [2.24, 2.45) is 12.8 Å². The van der Waals surface area contributed by atoms with Crippen molar-refractivity contribution in [1.29, 1.82) is 0 Å². The topological polar surface area (TPSA) is 50.3 Å². The fourth-order valence-corrected chi connectivity index (χ4v) is 3.03. The first-order valence-corrected chi connectivity index (χ1v) is 7.34. The van der Waals surface area contributed by atoms with E-state index in [0.29, 0.717) is 6.04 Å². The molecule has 1 saturated heterocycles. The predicted molar refractivity (Wildman–Crippen MR) is 77.9 cm³/mol. The molecule has 0 saturated carbocycles. The fraction of sp³-hybridized carbons (Fsp3) is 0.786. The first-order chi connectivity index (χ1) is 9.13. The summed E-state index contributed by atoms with van der Waals surface area (Å²) in [6.45, 7) is 10.0. The summed E-state index contributed by atoms with van der Waals surface area (Å²) in [7, 11) is 1.93. The molecular formula is C14H27N5. The van der Waals surface area contributed by atoms with E-state index >= 15 is 0 Å². The molecule has 1 fully saturated rings. The van der Waals surface area contributed by atoms with Crippen LogP contribution in [0.15, 0.2) is 12.4 Å². The van der Waals surface area contributed by atoms with Gasteiger partial charge in [0.25, 0.3) is 0 Å². The van der Waals surface area contributed by atoms with Gasteiger partial charge in [-0.25, -0.2) is 0 Å². The van der Waals surface area contributed by atoms with E-state index in [1.807, 2.05) is 24.1 Å². The van der Waals surface area contributed by atoms with Crippen LogP contribution in [-0.4, -0.2) is 58.3 Å². The second-order valence-electron chi connectivity index (χ2n) is 5.48. The first-order valence-electron chi connectivity index (χ1n) is 7.34. The number of nitrogens with two attached hydrogens (primary N) is 1. The molecule has 0 aliphatic carbocycles. The van der Waals surface area contributed by atoms with Crippen molar-refractivity contribution in [2.75, 3.05) is 32.7 Å². The lowest BCUT2D eigenvalue weighted by Gasteiger charge is -2.26. The number of rotatable bonds is 6. The zero-order valence-electron chi connectivity index (χ0n) is 12.4. The molecule has 0 spiro atoms. The molecule has 5 nitrogen and oxygen atoms in total. The van der Waals surface area contributed by atoms with Crippen molar-refractivity contribution in [3.05, 3.63) is 18.0 Å². The number of hydrogen-bond acceptors (Lipinski definition) is 4. The molecule has 2 heterocycles. The maximum absolute atomic E-state index is 6.27. The summed E-state index contributed by atoms with van der Waals surface area (Å²) < 4.78 is 1.82. The van der Waals surface area contributed by atoms with E-state index in [9.17, 15) is 0 Å². The lowest BCUT2D eigenvalue weighted by Crippen LogP contribution is -2.38. The Bertz CT molecular complexity index is 385. The number of hydrogen-bond donors (Lipinski definition) is 1. The standard InChI is InChI=1S/C14H27N5/c1-4-19(5-2)13-6-7-18(10-13)11-14(15)12-8-16-17(3)9-12/h8-9,13-14H,4-7,10-11,15H2,1-3H3. The van der Waals surface area contributed by atoms with Crippen molar-refractivity contribution < 1.29 is 0 Å². The van der Waals surface area contributed by atoms with Gasteiger partial charge in [-0.3, -0.25) is 14.5 Å². The van der Waals surface area contributed by atoms with Crippen molar-refractivity contribution in [3.63, 3.8) is 0 Å². The maximum Gasteiger partial charge on any atom is 0.0537 e. The number of likely N-dealkylation sites (N-methyl/N-ethyl adjacent to an activating group) is 1. The molecule has 0 radical (unpaired) electrons. The predicted octanol–water partition coefficient (Wildman–Crippen LogP) is 0.836. The van der Waals surface area contributed by atoms with Crippen LogP contribution in [0.1, 0.15) is 31.9 Å². The molecule has 108 valence electrons. The van der Waals surface area contributed by atoms with Gasteiger partial charge in [0.05, 0.1) is 6.20 Å². The highest BCUT2D eigenvalue weighted by atomic mass is 15.3. The van der Waals surface area contributed by atoms with Gasteiger partial charge in [-0.05, 0) is 26.1 Å². The Labute approximate surface area is 116 Å². The third-order valence-corrected chi connectivity index (χ3v) is 4.18. The minimum atomic E-state index is 0.0733. The number of aromatic nitrogens is 2. The summed E-state index contributed by atoms with van der Waals surface area (Å²) in [5.74, 6) is 0. The van der Waals surface area contributed by atoms with Crippen LogP contribution in [0, 0.1) is 0 Å². The molecule has 1 aliphatic rings. The van der Waals surface area contributed by atoms with Crippen LogP contribution in [0.25, 0.3) is 0 Å². The van der Waals surface area contributed by atoms with Gasteiger partial charge in [-0.2, -0.15) is 5.10 Å². The van der Waals surface area contributed by atoms with E-state index in [-0.39, 0.29) is 6.04 Å². The zero-order valence-corrected chi connectivity index (χ0v) is 12.4. The maximum atomic E-state index is 6.27. The van der Waals surface area contributed by atoms with Gasteiger partial charge in [0.2, 0.25) is 0 Å². The third kappa shape index (κ3) is 3.55. The normalized spacial score (nSPS) is 22.3. The average Bonchev–Trinajstić information content (AvgIpc) is 3.00. The molecule has 5 heteroatoms. The molecule has 0 amide bonds. The van der Waals surface area contributed by atoms with Crippen molar-refractivity contribution >= 4 is 0 Å². The van der Waals surface area contributed by atoms with Gasteiger partial charge in [0, 0.05) is 44.0 Å². The smallest absolute Gasteiger partial charge is 0.0537 e. The molecule has 0 aromatic carbocycles. The van der Waals surface area contributed by atoms with Gasteiger partial charge in [-0.1, -0.05) is 13.8 Å². The van der Waals surface area contributed by atoms with E-state index in [2.05, 4.69) is 28.7 Å². The number of nitrogens with zero attached hydrogens (tertiary/aromatic N) is 4. The molecule has 2 rings (SSSR count). The van der Waals surface area contributed by atoms with Crippen LogP contribution in [0.4, 0.5) is 0 Å². The molecule has 2 atom stereocenters. The molecular weight excluding hydrogens is 238 g/mol. The van der Waals surface area contributed by atoms with Gasteiger partial charge >= 0.3 is 0 Å². The van der Waals surface area contributed by atoms with Gasteiger partial charge in [-0.15, -0.1) is 0 Å². The second kappa shape index (κ2) is 6.50. The third-order valence-electron chi connectivity index (χ3n) is 4.18. The Hall–Kier alpha value is -0.910. The Balaban J connectivity index is 1.84. The molecule has 1 aromatic rings. The minimum absolute atomic E-state index is 0.0733. The highest BCUT2D eigenvalue weighted by molar-refractivity contribution is 5.10. The Kier molecular flexibility index (Phi) is 4.96. The van der Waals surface area contributed by atoms with Crippen LogP contribution in [0.2, 0.25) is 0 Å². The Morgan fingerprint density at radius 3 is 2.79 bits per heavy atom. The lowest BCUT2D eigenvalue weighted by atomic mass is 10.1. The largest absolute Gasteiger partial charge is 0.323 e.